The van der Waals surface area contributed by atoms with Crippen LogP contribution in [0.2, 0.25) is 0 Å². The first kappa shape index (κ1) is 17.1. The summed E-state index contributed by atoms with van der Waals surface area (Å²) in [4.78, 5) is 18.1. The Morgan fingerprint density at radius 1 is 1.38 bits per heavy atom. The summed E-state index contributed by atoms with van der Waals surface area (Å²) < 4.78 is 5.51. The summed E-state index contributed by atoms with van der Waals surface area (Å²) in [6, 6.07) is 8.26. The van der Waals surface area contributed by atoms with Gasteiger partial charge in [0.05, 0.1) is 23.2 Å². The van der Waals surface area contributed by atoms with Crippen LogP contribution in [0.4, 0.5) is 0 Å². The van der Waals surface area contributed by atoms with Crippen LogP contribution in [0.3, 0.4) is 0 Å². The van der Waals surface area contributed by atoms with Crippen LogP contribution in [-0.2, 0) is 9.53 Å². The first-order valence-electron chi connectivity index (χ1n) is 8.21. The molecule has 0 aliphatic carbocycles. The first-order chi connectivity index (χ1) is 11.5. The molecule has 1 aliphatic heterocycles. The monoisotopic (exact) mass is 345 g/mol. The number of nitrogens with zero attached hydrogens (tertiary/aromatic N) is 1. The van der Waals surface area contributed by atoms with Crippen LogP contribution in [-0.4, -0.2) is 36.7 Å². The number of hydrogen-bond acceptors (Lipinski definition) is 5. The van der Waals surface area contributed by atoms with Gasteiger partial charge in [-0.2, -0.15) is 0 Å². The number of rotatable bonds is 4. The standard InChI is InChI=1S/C18H23N3O2S/c1-11-4-6-14(7-5-11)18-21-13(3)16(24-18)12(2)20-17(22)15-10-19-8-9-23-15/h4-7,12,15,19H,8-10H2,1-3H3,(H,20,22). The van der Waals surface area contributed by atoms with Gasteiger partial charge in [-0.25, -0.2) is 4.98 Å². The number of nitrogens with one attached hydrogen (secondary N) is 2. The van der Waals surface area contributed by atoms with Gasteiger partial charge >= 0.3 is 0 Å². The third-order valence-electron chi connectivity index (χ3n) is 4.10. The number of aromatic nitrogens is 1. The minimum atomic E-state index is -0.411. The van der Waals surface area contributed by atoms with E-state index in [0.717, 1.165) is 27.7 Å². The van der Waals surface area contributed by atoms with Crippen LogP contribution in [0.5, 0.6) is 0 Å². The van der Waals surface area contributed by atoms with E-state index in [1.807, 2.05) is 13.8 Å². The van der Waals surface area contributed by atoms with Crippen molar-refractivity contribution in [2.45, 2.75) is 32.9 Å². The molecule has 0 spiro atoms. The van der Waals surface area contributed by atoms with Crippen molar-refractivity contribution in [2.75, 3.05) is 19.7 Å². The first-order valence-corrected chi connectivity index (χ1v) is 9.03. The topological polar surface area (TPSA) is 63.2 Å². The number of carbonyl (C=O) groups excluding carboxylic acids is 1. The summed E-state index contributed by atoms with van der Waals surface area (Å²) in [5.41, 5.74) is 3.30. The van der Waals surface area contributed by atoms with Gasteiger partial charge in [-0.05, 0) is 20.8 Å². The molecule has 1 fully saturated rings. The van der Waals surface area contributed by atoms with Crippen molar-refractivity contribution in [3.8, 4) is 10.6 Å². The van der Waals surface area contributed by atoms with E-state index in [1.54, 1.807) is 11.3 Å². The smallest absolute Gasteiger partial charge is 0.250 e. The van der Waals surface area contributed by atoms with E-state index < -0.39 is 6.10 Å². The highest BCUT2D eigenvalue weighted by Crippen LogP contribution is 2.31. The lowest BCUT2D eigenvalue weighted by molar-refractivity contribution is -0.134. The number of benzene rings is 1. The molecule has 0 bridgehead atoms. The van der Waals surface area contributed by atoms with Crippen LogP contribution < -0.4 is 10.6 Å². The second-order valence-electron chi connectivity index (χ2n) is 6.13. The maximum absolute atomic E-state index is 12.3. The van der Waals surface area contributed by atoms with E-state index in [2.05, 4.69) is 46.8 Å². The fourth-order valence-electron chi connectivity index (χ4n) is 2.74. The number of carbonyl (C=O) groups is 1. The predicted molar refractivity (Wildman–Crippen MR) is 96.2 cm³/mol. The molecule has 1 aromatic carbocycles. The maximum atomic E-state index is 12.3. The third kappa shape index (κ3) is 3.83. The number of thiazole rings is 1. The Morgan fingerprint density at radius 2 is 2.12 bits per heavy atom. The highest BCUT2D eigenvalue weighted by atomic mass is 32.1. The van der Waals surface area contributed by atoms with Gasteiger partial charge in [-0.15, -0.1) is 11.3 Å². The minimum Gasteiger partial charge on any atom is -0.366 e. The highest BCUT2D eigenvalue weighted by Gasteiger charge is 2.24. The second kappa shape index (κ2) is 7.42. The van der Waals surface area contributed by atoms with Crippen molar-refractivity contribution in [1.82, 2.24) is 15.6 Å². The summed E-state index contributed by atoms with van der Waals surface area (Å²) >= 11 is 1.63. The van der Waals surface area contributed by atoms with Crippen molar-refractivity contribution in [3.05, 3.63) is 40.4 Å². The molecule has 2 heterocycles. The molecule has 2 aromatic rings. The molecule has 1 amide bonds. The summed E-state index contributed by atoms with van der Waals surface area (Å²) in [7, 11) is 0. The van der Waals surface area contributed by atoms with Gasteiger partial charge in [-0.3, -0.25) is 4.79 Å². The van der Waals surface area contributed by atoms with Crippen LogP contribution in [0.25, 0.3) is 10.6 Å². The molecule has 1 aromatic heterocycles. The summed E-state index contributed by atoms with van der Waals surface area (Å²) in [5, 5.41) is 7.21. The normalized spacial score (nSPS) is 19.0. The van der Waals surface area contributed by atoms with E-state index in [4.69, 9.17) is 4.74 Å². The van der Waals surface area contributed by atoms with Crippen LogP contribution >= 0.6 is 11.3 Å². The van der Waals surface area contributed by atoms with Gasteiger partial charge in [0.1, 0.15) is 11.1 Å². The van der Waals surface area contributed by atoms with Crippen molar-refractivity contribution < 1.29 is 9.53 Å². The fourth-order valence-corrected chi connectivity index (χ4v) is 3.81. The number of ether oxygens (including phenoxy) is 1. The van der Waals surface area contributed by atoms with Gasteiger partial charge in [0.2, 0.25) is 0 Å². The average Bonchev–Trinajstić information content (AvgIpc) is 2.98. The largest absolute Gasteiger partial charge is 0.366 e. The molecule has 3 rings (SSSR count). The quantitative estimate of drug-likeness (QED) is 0.894. The van der Waals surface area contributed by atoms with Gasteiger partial charge in [0.15, 0.2) is 0 Å². The lowest BCUT2D eigenvalue weighted by atomic mass is 10.2. The zero-order valence-corrected chi connectivity index (χ0v) is 15.1. The van der Waals surface area contributed by atoms with E-state index in [-0.39, 0.29) is 11.9 Å². The van der Waals surface area contributed by atoms with Crippen molar-refractivity contribution >= 4 is 17.2 Å². The Kier molecular flexibility index (Phi) is 5.28. The predicted octanol–water partition coefficient (Wildman–Crippen LogP) is 2.59. The highest BCUT2D eigenvalue weighted by molar-refractivity contribution is 7.15. The number of aryl methyl sites for hydroxylation is 2. The zero-order valence-electron chi connectivity index (χ0n) is 14.3. The number of amides is 1. The lowest BCUT2D eigenvalue weighted by Gasteiger charge is -2.24. The summed E-state index contributed by atoms with van der Waals surface area (Å²) in [6.07, 6.45) is -0.411. The van der Waals surface area contributed by atoms with E-state index in [1.165, 1.54) is 5.56 Å². The molecule has 2 N–H and O–H groups in total. The molecule has 1 saturated heterocycles. The summed E-state index contributed by atoms with van der Waals surface area (Å²) in [5.74, 6) is -0.0700. The Balaban J connectivity index is 1.71. The average molecular weight is 345 g/mol. The molecule has 2 atom stereocenters. The van der Waals surface area contributed by atoms with Crippen molar-refractivity contribution in [3.63, 3.8) is 0 Å². The van der Waals surface area contributed by atoms with Crippen LogP contribution in [0.1, 0.15) is 29.1 Å². The Labute approximate surface area is 146 Å². The molecular formula is C18H23N3O2S. The lowest BCUT2D eigenvalue weighted by Crippen LogP contribution is -2.48. The Morgan fingerprint density at radius 3 is 2.79 bits per heavy atom. The molecule has 2 unspecified atom stereocenters. The van der Waals surface area contributed by atoms with Gasteiger partial charge < -0.3 is 15.4 Å². The van der Waals surface area contributed by atoms with Crippen molar-refractivity contribution in [1.29, 1.82) is 0 Å². The molecular weight excluding hydrogens is 322 g/mol. The molecule has 128 valence electrons. The Hall–Kier alpha value is -1.76. The molecule has 1 aliphatic rings. The number of morpholine rings is 1. The third-order valence-corrected chi connectivity index (χ3v) is 5.49. The SMILES string of the molecule is Cc1ccc(-c2nc(C)c(C(C)NC(=O)C3CNCCO3)s2)cc1. The van der Waals surface area contributed by atoms with E-state index in [0.29, 0.717) is 13.2 Å². The van der Waals surface area contributed by atoms with Crippen LogP contribution in [0, 0.1) is 13.8 Å². The Bertz CT molecular complexity index is 706. The summed E-state index contributed by atoms with van der Waals surface area (Å²) in [6.45, 7) is 7.99. The zero-order chi connectivity index (χ0) is 17.1. The van der Waals surface area contributed by atoms with Gasteiger partial charge in [-0.1, -0.05) is 29.8 Å². The molecule has 0 radical (unpaired) electrons. The van der Waals surface area contributed by atoms with Crippen molar-refractivity contribution in [2.24, 2.45) is 0 Å². The minimum absolute atomic E-state index is 0.0700. The molecule has 5 nitrogen and oxygen atoms in total. The van der Waals surface area contributed by atoms with Gasteiger partial charge in [0.25, 0.3) is 5.91 Å². The van der Waals surface area contributed by atoms with Crippen LogP contribution in [0.15, 0.2) is 24.3 Å². The van der Waals surface area contributed by atoms with E-state index in [9.17, 15) is 4.79 Å². The second-order valence-corrected chi connectivity index (χ2v) is 7.16. The molecule has 6 heteroatoms. The molecule has 24 heavy (non-hydrogen) atoms. The number of hydrogen-bond donors (Lipinski definition) is 2. The maximum Gasteiger partial charge on any atom is 0.250 e. The fraction of sp³-hybridized carbons (Fsp3) is 0.444. The van der Waals surface area contributed by atoms with Gasteiger partial charge in [0, 0.05) is 18.7 Å². The van der Waals surface area contributed by atoms with E-state index >= 15 is 0 Å². The molecule has 0 saturated carbocycles.